The fourth-order valence-electron chi connectivity index (χ4n) is 1.34. The molecule has 0 amide bonds. The summed E-state index contributed by atoms with van der Waals surface area (Å²) in [5, 5.41) is 4.04. The predicted octanol–water partition coefficient (Wildman–Crippen LogP) is 4.08. The Kier molecular flexibility index (Phi) is 3.36. The Hall–Kier alpha value is -1.19. The summed E-state index contributed by atoms with van der Waals surface area (Å²) in [7, 11) is 0. The monoisotopic (exact) mass is 256 g/mol. The third-order valence-corrected chi connectivity index (χ3v) is 2.60. The van der Waals surface area contributed by atoms with Crippen LogP contribution in [-0.4, -0.2) is 11.5 Å². The average molecular weight is 257 g/mol. The smallest absolute Gasteiger partial charge is 0.153 e. The number of aromatic nitrogens is 1. The van der Waals surface area contributed by atoms with Gasteiger partial charge in [0, 0.05) is 6.54 Å². The Bertz CT molecular complexity index is 483. The normalized spacial score (nSPS) is 10.4. The molecule has 0 bridgehead atoms. The summed E-state index contributed by atoms with van der Waals surface area (Å²) >= 11 is 12.1. The van der Waals surface area contributed by atoms with Crippen LogP contribution in [0.1, 0.15) is 6.92 Å². The minimum atomic E-state index is 0.474. The van der Waals surface area contributed by atoms with Crippen LogP contribution in [0.4, 0.5) is 5.82 Å². The van der Waals surface area contributed by atoms with Crippen LogP contribution in [0.15, 0.2) is 28.9 Å². The van der Waals surface area contributed by atoms with Gasteiger partial charge in [-0.25, -0.2) is 4.98 Å². The number of rotatable bonds is 3. The molecule has 0 aliphatic carbocycles. The standard InChI is InChI=1S/C11H10Cl2N2O/c1-2-14-11-8(13)6-7(12)10(15-11)9-4-3-5-16-9/h3-6H,2H2,1H3,(H,14,15). The van der Waals surface area contributed by atoms with Crippen LogP contribution in [0.2, 0.25) is 10.0 Å². The highest BCUT2D eigenvalue weighted by Gasteiger charge is 2.12. The van der Waals surface area contributed by atoms with E-state index in [9.17, 15) is 0 Å². The van der Waals surface area contributed by atoms with Crippen LogP contribution in [0.25, 0.3) is 11.5 Å². The molecule has 84 valence electrons. The highest BCUT2D eigenvalue weighted by Crippen LogP contribution is 2.32. The lowest BCUT2D eigenvalue weighted by Crippen LogP contribution is -2.01. The molecule has 0 radical (unpaired) electrons. The van der Waals surface area contributed by atoms with Crippen LogP contribution in [0.5, 0.6) is 0 Å². The van der Waals surface area contributed by atoms with Crippen molar-refractivity contribution < 1.29 is 4.42 Å². The van der Waals surface area contributed by atoms with Gasteiger partial charge in [-0.15, -0.1) is 0 Å². The molecule has 1 N–H and O–H groups in total. The largest absolute Gasteiger partial charge is 0.463 e. The molecule has 5 heteroatoms. The molecule has 0 spiro atoms. The fraction of sp³-hybridized carbons (Fsp3) is 0.182. The molecule has 16 heavy (non-hydrogen) atoms. The lowest BCUT2D eigenvalue weighted by atomic mass is 10.3. The first-order chi connectivity index (χ1) is 7.72. The number of pyridine rings is 1. The van der Waals surface area contributed by atoms with E-state index in [4.69, 9.17) is 27.6 Å². The van der Waals surface area contributed by atoms with Crippen molar-refractivity contribution in [1.82, 2.24) is 4.98 Å². The van der Waals surface area contributed by atoms with Gasteiger partial charge in [0.1, 0.15) is 11.5 Å². The molecule has 0 aromatic carbocycles. The van der Waals surface area contributed by atoms with Crippen molar-refractivity contribution in [2.75, 3.05) is 11.9 Å². The van der Waals surface area contributed by atoms with Crippen molar-refractivity contribution in [2.45, 2.75) is 6.92 Å². The van der Waals surface area contributed by atoms with Crippen molar-refractivity contribution in [2.24, 2.45) is 0 Å². The van der Waals surface area contributed by atoms with E-state index in [2.05, 4.69) is 10.3 Å². The van der Waals surface area contributed by atoms with Gasteiger partial charge in [-0.1, -0.05) is 23.2 Å². The topological polar surface area (TPSA) is 38.1 Å². The molecule has 2 heterocycles. The van der Waals surface area contributed by atoms with Gasteiger partial charge in [0.2, 0.25) is 0 Å². The SMILES string of the molecule is CCNc1nc(-c2ccco2)c(Cl)cc1Cl. The molecule has 0 saturated heterocycles. The second kappa shape index (κ2) is 4.76. The van der Waals surface area contributed by atoms with Crippen molar-refractivity contribution in [3.05, 3.63) is 34.5 Å². The summed E-state index contributed by atoms with van der Waals surface area (Å²) in [6.07, 6.45) is 1.58. The maximum atomic E-state index is 6.06. The van der Waals surface area contributed by atoms with E-state index < -0.39 is 0 Å². The summed E-state index contributed by atoms with van der Waals surface area (Å²) in [6, 6.07) is 5.25. The molecule has 0 saturated carbocycles. The van der Waals surface area contributed by atoms with Crippen LogP contribution in [0.3, 0.4) is 0 Å². The highest BCUT2D eigenvalue weighted by atomic mass is 35.5. The lowest BCUT2D eigenvalue weighted by Gasteiger charge is -2.08. The van der Waals surface area contributed by atoms with E-state index >= 15 is 0 Å². The zero-order valence-corrected chi connectivity index (χ0v) is 10.1. The van der Waals surface area contributed by atoms with Gasteiger partial charge in [-0.2, -0.15) is 0 Å². The van der Waals surface area contributed by atoms with Crippen LogP contribution in [0, 0.1) is 0 Å². The van der Waals surface area contributed by atoms with Gasteiger partial charge < -0.3 is 9.73 Å². The number of halogens is 2. The molecular weight excluding hydrogens is 247 g/mol. The average Bonchev–Trinajstić information content (AvgIpc) is 2.75. The van der Waals surface area contributed by atoms with E-state index in [-0.39, 0.29) is 0 Å². The van der Waals surface area contributed by atoms with Gasteiger partial charge in [0.15, 0.2) is 5.76 Å². The first-order valence-corrected chi connectivity index (χ1v) is 5.61. The fourth-order valence-corrected chi connectivity index (χ4v) is 1.86. The van der Waals surface area contributed by atoms with E-state index in [1.165, 1.54) is 0 Å². The zero-order valence-electron chi connectivity index (χ0n) is 8.63. The predicted molar refractivity (Wildman–Crippen MR) is 66.1 cm³/mol. The Morgan fingerprint density at radius 1 is 1.38 bits per heavy atom. The number of nitrogens with zero attached hydrogens (tertiary/aromatic N) is 1. The summed E-state index contributed by atoms with van der Waals surface area (Å²) in [5.41, 5.74) is 0.590. The quantitative estimate of drug-likeness (QED) is 0.900. The molecular formula is C11H10Cl2N2O. The lowest BCUT2D eigenvalue weighted by molar-refractivity contribution is 0.580. The summed E-state index contributed by atoms with van der Waals surface area (Å²) in [6.45, 7) is 2.71. The zero-order chi connectivity index (χ0) is 11.5. The van der Waals surface area contributed by atoms with Crippen molar-refractivity contribution in [3.63, 3.8) is 0 Å². The van der Waals surface area contributed by atoms with Crippen LogP contribution >= 0.6 is 23.2 Å². The molecule has 0 aliphatic heterocycles. The number of nitrogens with one attached hydrogen (secondary N) is 1. The van der Waals surface area contributed by atoms with Crippen molar-refractivity contribution >= 4 is 29.0 Å². The Morgan fingerprint density at radius 3 is 2.81 bits per heavy atom. The third kappa shape index (κ3) is 2.15. The Morgan fingerprint density at radius 2 is 2.19 bits per heavy atom. The molecule has 0 fully saturated rings. The Balaban J connectivity index is 2.49. The van der Waals surface area contributed by atoms with Gasteiger partial charge in [-0.05, 0) is 25.1 Å². The van der Waals surface area contributed by atoms with E-state index in [0.717, 1.165) is 6.54 Å². The van der Waals surface area contributed by atoms with Gasteiger partial charge in [-0.3, -0.25) is 0 Å². The molecule has 0 aliphatic rings. The van der Waals surface area contributed by atoms with E-state index in [1.807, 2.05) is 6.92 Å². The van der Waals surface area contributed by atoms with Crippen molar-refractivity contribution in [1.29, 1.82) is 0 Å². The summed E-state index contributed by atoms with van der Waals surface area (Å²) in [4.78, 5) is 4.34. The van der Waals surface area contributed by atoms with Crippen molar-refractivity contribution in [3.8, 4) is 11.5 Å². The van der Waals surface area contributed by atoms with Crippen LogP contribution in [-0.2, 0) is 0 Å². The minimum Gasteiger partial charge on any atom is -0.463 e. The molecule has 2 rings (SSSR count). The second-order valence-corrected chi connectivity index (χ2v) is 3.97. The molecule has 3 nitrogen and oxygen atoms in total. The van der Waals surface area contributed by atoms with E-state index in [0.29, 0.717) is 27.3 Å². The number of hydrogen-bond donors (Lipinski definition) is 1. The number of furan rings is 1. The summed E-state index contributed by atoms with van der Waals surface area (Å²) < 4.78 is 5.26. The van der Waals surface area contributed by atoms with Crippen LogP contribution < -0.4 is 5.32 Å². The van der Waals surface area contributed by atoms with Gasteiger partial charge >= 0.3 is 0 Å². The maximum Gasteiger partial charge on any atom is 0.153 e. The molecule has 0 unspecified atom stereocenters. The highest BCUT2D eigenvalue weighted by molar-refractivity contribution is 6.37. The number of anilines is 1. The maximum absolute atomic E-state index is 6.06. The minimum absolute atomic E-state index is 0.474. The number of hydrogen-bond acceptors (Lipinski definition) is 3. The van der Waals surface area contributed by atoms with Gasteiger partial charge in [0.05, 0.1) is 16.3 Å². The first kappa shape index (κ1) is 11.3. The summed E-state index contributed by atoms with van der Waals surface area (Å²) in [5.74, 6) is 1.24. The van der Waals surface area contributed by atoms with Gasteiger partial charge in [0.25, 0.3) is 0 Å². The first-order valence-electron chi connectivity index (χ1n) is 4.86. The Labute approximate surface area is 103 Å². The molecule has 2 aromatic rings. The molecule has 2 aromatic heterocycles. The second-order valence-electron chi connectivity index (χ2n) is 3.16. The third-order valence-electron chi connectivity index (χ3n) is 2.03. The molecule has 0 atom stereocenters. The van der Waals surface area contributed by atoms with E-state index in [1.54, 1.807) is 24.5 Å².